The number of quaternary nitrogens is 1. The number of unbranched alkanes of at least 4 members (excludes halogenated alkanes) is 12. The molecule has 2 unspecified atom stereocenters. The van der Waals surface area contributed by atoms with Gasteiger partial charge in [-0.2, -0.15) is 0 Å². The van der Waals surface area contributed by atoms with Gasteiger partial charge in [0, 0.05) is 12.8 Å². The van der Waals surface area contributed by atoms with Crippen molar-refractivity contribution >= 4 is 19.8 Å². The van der Waals surface area contributed by atoms with Crippen LogP contribution in [0.25, 0.3) is 0 Å². The standard InChI is InChI=1S/C55H92NO8P/c1-6-8-10-12-14-16-18-19-20-21-22-23-24-25-26-27-28-29-30-31-32-33-34-35-36-37-38-40-42-44-46-48-55(58)64-53(52-63-65(59,60)62-50-49-56(3,4)5)51-61-54(57)47-45-43-41-39-17-15-13-11-9-7-2/h8,10-11,13-14,16,19-20,22-23,25-26,28-29,31-32,34-35,53H,6-7,9,12,15,17-18,21,24,27,30,33,36-52H2,1-5H3/p+1/b10-8-,13-11-,16-14-,20-19-,23-22-,26-25-,29-28-,32-31-,35-34-. The SMILES string of the molecule is CC/C=C\C/C=C\C/C=C\C/C=C\C/C=C\C/C=C\C/C=C\C/C=C\CCCCCCCCC(=O)OC(COC(=O)CCCCCCC/C=C\CCC)COP(=O)(O)OCC[N+](C)(C)C. The third kappa shape index (κ3) is 49.9. The maximum atomic E-state index is 12.7. The first-order valence-corrected chi connectivity index (χ1v) is 26.6. The van der Waals surface area contributed by atoms with Gasteiger partial charge in [0.25, 0.3) is 0 Å². The fourth-order valence-corrected chi connectivity index (χ4v) is 6.89. The Balaban J connectivity index is 4.22. The summed E-state index contributed by atoms with van der Waals surface area (Å²) < 4.78 is 34.3. The molecular formula is C55H93NO8P+. The summed E-state index contributed by atoms with van der Waals surface area (Å²) in [5.41, 5.74) is 0. The third-order valence-electron chi connectivity index (χ3n) is 10.0. The van der Waals surface area contributed by atoms with Gasteiger partial charge >= 0.3 is 19.8 Å². The molecule has 0 amide bonds. The Labute approximate surface area is 397 Å². The highest BCUT2D eigenvalue weighted by atomic mass is 31.2. The molecule has 370 valence electrons. The van der Waals surface area contributed by atoms with Gasteiger partial charge in [0.15, 0.2) is 6.10 Å². The van der Waals surface area contributed by atoms with E-state index in [9.17, 15) is 19.0 Å². The molecule has 9 nitrogen and oxygen atoms in total. The van der Waals surface area contributed by atoms with Gasteiger partial charge < -0.3 is 18.9 Å². The molecule has 0 saturated carbocycles. The van der Waals surface area contributed by atoms with Crippen molar-refractivity contribution in [2.75, 3.05) is 47.5 Å². The predicted octanol–water partition coefficient (Wildman–Crippen LogP) is 15.1. The molecule has 0 aromatic carbocycles. The Bertz CT molecular complexity index is 1470. The summed E-state index contributed by atoms with van der Waals surface area (Å²) in [7, 11) is 1.44. The lowest BCUT2D eigenvalue weighted by atomic mass is 10.1. The van der Waals surface area contributed by atoms with E-state index in [2.05, 4.69) is 123 Å². The van der Waals surface area contributed by atoms with Crippen LogP contribution in [0, 0.1) is 0 Å². The van der Waals surface area contributed by atoms with E-state index in [4.69, 9.17) is 18.5 Å². The van der Waals surface area contributed by atoms with Crippen LogP contribution in [-0.2, 0) is 32.7 Å². The second-order valence-corrected chi connectivity index (χ2v) is 18.9. The molecule has 0 saturated heterocycles. The second-order valence-electron chi connectivity index (χ2n) is 17.5. The minimum atomic E-state index is -4.39. The van der Waals surface area contributed by atoms with Gasteiger partial charge in [-0.15, -0.1) is 0 Å². The predicted molar refractivity (Wildman–Crippen MR) is 275 cm³/mol. The van der Waals surface area contributed by atoms with Gasteiger partial charge in [-0.05, 0) is 96.3 Å². The Morgan fingerprint density at radius 1 is 0.492 bits per heavy atom. The summed E-state index contributed by atoms with van der Waals surface area (Å²) in [5, 5.41) is 0. The van der Waals surface area contributed by atoms with Crippen molar-refractivity contribution in [3.63, 3.8) is 0 Å². The summed E-state index contributed by atoms with van der Waals surface area (Å²) in [4.78, 5) is 35.4. The van der Waals surface area contributed by atoms with E-state index < -0.39 is 26.5 Å². The van der Waals surface area contributed by atoms with Crippen LogP contribution in [0.5, 0.6) is 0 Å². The molecule has 0 bridgehead atoms. The van der Waals surface area contributed by atoms with Gasteiger partial charge in [0.2, 0.25) is 0 Å². The van der Waals surface area contributed by atoms with Crippen LogP contribution in [0.2, 0.25) is 0 Å². The zero-order valence-electron chi connectivity index (χ0n) is 41.7. The zero-order valence-corrected chi connectivity index (χ0v) is 42.6. The number of likely N-dealkylation sites (N-methyl/N-ethyl adjacent to an activating group) is 1. The highest BCUT2D eigenvalue weighted by Crippen LogP contribution is 2.43. The lowest BCUT2D eigenvalue weighted by Crippen LogP contribution is -2.37. The van der Waals surface area contributed by atoms with Crippen LogP contribution >= 0.6 is 7.82 Å². The second kappa shape index (κ2) is 45.8. The molecule has 10 heteroatoms. The number of nitrogens with zero attached hydrogens (tertiary/aromatic N) is 1. The molecule has 0 aliphatic rings. The first kappa shape index (κ1) is 61.7. The number of hydrogen-bond donors (Lipinski definition) is 1. The van der Waals surface area contributed by atoms with E-state index in [1.807, 2.05) is 21.1 Å². The Kier molecular flexibility index (Phi) is 43.5. The van der Waals surface area contributed by atoms with Gasteiger partial charge in [-0.1, -0.05) is 175 Å². The van der Waals surface area contributed by atoms with Crippen LogP contribution in [0.3, 0.4) is 0 Å². The van der Waals surface area contributed by atoms with Crippen LogP contribution in [0.4, 0.5) is 0 Å². The summed E-state index contributed by atoms with van der Waals surface area (Å²) in [6.07, 6.45) is 63.0. The van der Waals surface area contributed by atoms with Crippen molar-refractivity contribution < 1.29 is 42.1 Å². The minimum absolute atomic E-state index is 0.0212. The number of phosphoric ester groups is 1. The fourth-order valence-electron chi connectivity index (χ4n) is 6.15. The molecule has 65 heavy (non-hydrogen) atoms. The zero-order chi connectivity index (χ0) is 47.8. The molecule has 0 aromatic rings. The lowest BCUT2D eigenvalue weighted by molar-refractivity contribution is -0.870. The number of ether oxygens (including phenoxy) is 2. The highest BCUT2D eigenvalue weighted by molar-refractivity contribution is 7.47. The Morgan fingerprint density at radius 3 is 1.32 bits per heavy atom. The molecule has 0 rings (SSSR count). The molecular weight excluding hydrogens is 834 g/mol. The number of carbonyl (C=O) groups excluding carboxylic acids is 2. The van der Waals surface area contributed by atoms with Gasteiger partial charge in [0.05, 0.1) is 27.7 Å². The number of rotatable bonds is 44. The molecule has 0 aromatic heterocycles. The molecule has 0 fully saturated rings. The summed E-state index contributed by atoms with van der Waals surface area (Å²) in [5.74, 6) is -0.839. The first-order chi connectivity index (χ1) is 31.5. The molecule has 0 aliphatic carbocycles. The normalized spacial score (nSPS) is 14.4. The van der Waals surface area contributed by atoms with E-state index in [1.165, 1.54) is 6.42 Å². The molecule has 0 aliphatic heterocycles. The average Bonchev–Trinajstić information content (AvgIpc) is 3.26. The quantitative estimate of drug-likeness (QED) is 0.0212. The molecule has 1 N–H and O–H groups in total. The third-order valence-corrected chi connectivity index (χ3v) is 11.0. The van der Waals surface area contributed by atoms with Crippen molar-refractivity contribution in [1.82, 2.24) is 0 Å². The summed E-state index contributed by atoms with van der Waals surface area (Å²) >= 11 is 0. The minimum Gasteiger partial charge on any atom is -0.462 e. The van der Waals surface area contributed by atoms with E-state index in [-0.39, 0.29) is 32.0 Å². The van der Waals surface area contributed by atoms with Gasteiger partial charge in [-0.3, -0.25) is 18.6 Å². The number of allylic oxidation sites excluding steroid dienone is 18. The highest BCUT2D eigenvalue weighted by Gasteiger charge is 2.27. The Morgan fingerprint density at radius 2 is 0.877 bits per heavy atom. The van der Waals surface area contributed by atoms with Crippen molar-refractivity contribution in [3.8, 4) is 0 Å². The van der Waals surface area contributed by atoms with Crippen molar-refractivity contribution in [2.45, 2.75) is 180 Å². The van der Waals surface area contributed by atoms with Crippen molar-refractivity contribution in [2.24, 2.45) is 0 Å². The first-order valence-electron chi connectivity index (χ1n) is 25.1. The molecule has 0 spiro atoms. The maximum absolute atomic E-state index is 12.7. The van der Waals surface area contributed by atoms with Crippen LogP contribution < -0.4 is 0 Å². The maximum Gasteiger partial charge on any atom is 0.472 e. The number of carbonyl (C=O) groups is 2. The lowest BCUT2D eigenvalue weighted by Gasteiger charge is -2.24. The largest absolute Gasteiger partial charge is 0.472 e. The van der Waals surface area contributed by atoms with Crippen LogP contribution in [-0.4, -0.2) is 74.9 Å². The Hall–Kier alpha value is -3.33. The van der Waals surface area contributed by atoms with E-state index in [0.29, 0.717) is 17.4 Å². The smallest absolute Gasteiger partial charge is 0.462 e. The summed E-state index contributed by atoms with van der Waals surface area (Å²) in [6, 6.07) is 0. The van der Waals surface area contributed by atoms with Crippen LogP contribution in [0.15, 0.2) is 109 Å². The van der Waals surface area contributed by atoms with Gasteiger partial charge in [-0.25, -0.2) is 4.57 Å². The molecule has 2 atom stereocenters. The van der Waals surface area contributed by atoms with E-state index in [1.54, 1.807) is 0 Å². The van der Waals surface area contributed by atoms with E-state index in [0.717, 1.165) is 135 Å². The topological polar surface area (TPSA) is 108 Å². The van der Waals surface area contributed by atoms with Crippen LogP contribution in [0.1, 0.15) is 174 Å². The van der Waals surface area contributed by atoms with Gasteiger partial charge in [0.1, 0.15) is 19.8 Å². The average molecular weight is 927 g/mol. The van der Waals surface area contributed by atoms with Crippen molar-refractivity contribution in [3.05, 3.63) is 109 Å². The fraction of sp³-hybridized carbons (Fsp3) is 0.636. The molecule has 0 heterocycles. The summed E-state index contributed by atoms with van der Waals surface area (Å²) in [6.45, 7) is 4.19. The number of esters is 2. The monoisotopic (exact) mass is 927 g/mol. The number of phosphoric acid groups is 1. The van der Waals surface area contributed by atoms with Crippen molar-refractivity contribution in [1.29, 1.82) is 0 Å². The molecule has 0 radical (unpaired) electrons. The number of hydrogen-bond acceptors (Lipinski definition) is 7. The van der Waals surface area contributed by atoms with E-state index >= 15 is 0 Å².